The Labute approximate surface area is 210 Å². The minimum Gasteiger partial charge on any atom is -0.503 e. The summed E-state index contributed by atoms with van der Waals surface area (Å²) in [6.07, 6.45) is 5.90. The first-order chi connectivity index (χ1) is 17.1. The second-order valence-corrected chi connectivity index (χ2v) is 8.98. The number of hydrogen-bond donors (Lipinski definition) is 2. The van der Waals surface area contributed by atoms with Crippen LogP contribution in [-0.2, 0) is 17.8 Å². The van der Waals surface area contributed by atoms with Gasteiger partial charge in [0, 0.05) is 24.7 Å². The Bertz CT molecular complexity index is 1330. The lowest BCUT2D eigenvalue weighted by Crippen LogP contribution is -2.66. The third kappa shape index (κ3) is 4.20. The Morgan fingerprint density at radius 2 is 2.08 bits per heavy atom. The van der Waals surface area contributed by atoms with Crippen LogP contribution in [0.15, 0.2) is 48.4 Å². The molecule has 0 radical (unpaired) electrons. The number of nitrogens with zero attached hydrogens (tertiary/aromatic N) is 2. The van der Waals surface area contributed by atoms with Gasteiger partial charge < -0.3 is 24.6 Å². The highest BCUT2D eigenvalue weighted by atomic mass is 35.5. The zero-order valence-electron chi connectivity index (χ0n) is 19.2. The van der Waals surface area contributed by atoms with Crippen molar-refractivity contribution in [3.05, 3.63) is 87.3 Å². The van der Waals surface area contributed by atoms with Crippen LogP contribution in [-0.4, -0.2) is 44.8 Å². The summed E-state index contributed by atoms with van der Waals surface area (Å²) in [6, 6.07) is 1.69. The van der Waals surface area contributed by atoms with E-state index in [9.17, 15) is 28.3 Å². The highest BCUT2D eigenvalue weighted by Gasteiger charge is 2.51. The molecule has 11 heteroatoms. The number of rotatable bonds is 7. The van der Waals surface area contributed by atoms with Crippen LogP contribution in [0.1, 0.15) is 45.7 Å². The van der Waals surface area contributed by atoms with Crippen LogP contribution in [0.5, 0.6) is 5.75 Å². The van der Waals surface area contributed by atoms with Crippen LogP contribution in [0.2, 0.25) is 5.02 Å². The molecule has 1 fully saturated rings. The monoisotopic (exact) mass is 519 g/mol. The summed E-state index contributed by atoms with van der Waals surface area (Å²) in [5.74, 6) is -4.42. The molecule has 0 spiro atoms. The van der Waals surface area contributed by atoms with Crippen molar-refractivity contribution in [2.75, 3.05) is 6.61 Å². The van der Waals surface area contributed by atoms with Crippen LogP contribution >= 0.6 is 11.6 Å². The normalized spacial score (nSPS) is 20.9. The number of amides is 2. The van der Waals surface area contributed by atoms with Crippen molar-refractivity contribution >= 4 is 23.4 Å². The average Bonchev–Trinajstić information content (AvgIpc) is 2.87. The van der Waals surface area contributed by atoms with Crippen LogP contribution in [0, 0.1) is 11.6 Å². The van der Waals surface area contributed by atoms with Gasteiger partial charge in [-0.15, -0.1) is 13.2 Å². The largest absolute Gasteiger partial charge is 0.503 e. The summed E-state index contributed by atoms with van der Waals surface area (Å²) in [4.78, 5) is 40.7. The number of ether oxygens (including phenoxy) is 1. The first-order valence-electron chi connectivity index (χ1n) is 11.2. The molecule has 2 aromatic rings. The maximum atomic E-state index is 14.2. The molecule has 3 heterocycles. The second kappa shape index (κ2) is 9.87. The van der Waals surface area contributed by atoms with E-state index in [-0.39, 0.29) is 23.8 Å². The minimum absolute atomic E-state index is 0.0442. The first-order valence-corrected chi connectivity index (χ1v) is 11.6. The van der Waals surface area contributed by atoms with Gasteiger partial charge in [0.25, 0.3) is 11.8 Å². The molecule has 1 saturated heterocycles. The SMILES string of the molecule is C=CCC[C@]12Cn3cc(C(=O)NCc4ccc(F)c(Cl)c4F)c(=O)c(O)c3C(=O)N1[C@H](C=C)CCO2. The van der Waals surface area contributed by atoms with Gasteiger partial charge in [-0.3, -0.25) is 14.4 Å². The van der Waals surface area contributed by atoms with Crippen molar-refractivity contribution in [1.29, 1.82) is 0 Å². The summed E-state index contributed by atoms with van der Waals surface area (Å²) < 4.78 is 35.0. The topological polar surface area (TPSA) is 101 Å². The molecule has 2 N–H and O–H groups in total. The number of carbonyl (C=O) groups is 2. The fourth-order valence-corrected chi connectivity index (χ4v) is 4.85. The van der Waals surface area contributed by atoms with Gasteiger partial charge in [-0.05, 0) is 18.9 Å². The van der Waals surface area contributed by atoms with Crippen molar-refractivity contribution in [2.24, 2.45) is 0 Å². The third-order valence-electron chi connectivity index (χ3n) is 6.46. The zero-order valence-corrected chi connectivity index (χ0v) is 20.0. The predicted octanol–water partition coefficient (Wildman–Crippen LogP) is 3.51. The molecule has 8 nitrogen and oxygen atoms in total. The van der Waals surface area contributed by atoms with Gasteiger partial charge in [-0.1, -0.05) is 29.8 Å². The van der Waals surface area contributed by atoms with Crippen molar-refractivity contribution in [3.8, 4) is 5.75 Å². The number of hydrogen-bond acceptors (Lipinski definition) is 5. The molecule has 1 aromatic carbocycles. The number of aromatic hydroxyl groups is 1. The summed E-state index contributed by atoms with van der Waals surface area (Å²) in [5, 5.41) is 12.3. The van der Waals surface area contributed by atoms with E-state index in [2.05, 4.69) is 18.5 Å². The van der Waals surface area contributed by atoms with Crippen LogP contribution in [0.4, 0.5) is 8.78 Å². The van der Waals surface area contributed by atoms with Gasteiger partial charge in [-0.2, -0.15) is 0 Å². The number of allylic oxidation sites excluding steroid dienone is 1. The first kappa shape index (κ1) is 25.6. The fraction of sp³-hybridized carbons (Fsp3) is 0.320. The molecule has 0 unspecified atom stereocenters. The quantitative estimate of drug-likeness (QED) is 0.431. The molecule has 190 valence electrons. The minimum atomic E-state index is -1.10. The van der Waals surface area contributed by atoms with Crippen molar-refractivity contribution in [2.45, 2.75) is 44.1 Å². The molecular weight excluding hydrogens is 496 g/mol. The Balaban J connectivity index is 1.70. The number of aromatic nitrogens is 1. The number of benzene rings is 1. The summed E-state index contributed by atoms with van der Waals surface area (Å²) in [5.41, 5.74) is -2.98. The molecule has 36 heavy (non-hydrogen) atoms. The van der Waals surface area contributed by atoms with E-state index in [1.807, 2.05) is 0 Å². The molecule has 2 aliphatic heterocycles. The molecule has 0 aliphatic carbocycles. The Morgan fingerprint density at radius 1 is 1.33 bits per heavy atom. The van der Waals surface area contributed by atoms with Gasteiger partial charge in [0.2, 0.25) is 5.43 Å². The van der Waals surface area contributed by atoms with Crippen LogP contribution < -0.4 is 10.7 Å². The summed E-state index contributed by atoms with van der Waals surface area (Å²) >= 11 is 5.57. The van der Waals surface area contributed by atoms with Gasteiger partial charge >= 0.3 is 0 Å². The molecule has 1 aromatic heterocycles. The highest BCUT2D eigenvalue weighted by Crippen LogP contribution is 2.39. The average molecular weight is 520 g/mol. The maximum Gasteiger partial charge on any atom is 0.277 e. The second-order valence-electron chi connectivity index (χ2n) is 8.60. The predicted molar refractivity (Wildman–Crippen MR) is 128 cm³/mol. The van der Waals surface area contributed by atoms with Gasteiger partial charge in [0.15, 0.2) is 17.2 Å². The lowest BCUT2D eigenvalue weighted by molar-refractivity contribution is -0.195. The molecular formula is C25H24ClF2N3O5. The van der Waals surface area contributed by atoms with E-state index in [1.165, 1.54) is 15.7 Å². The number of nitrogens with one attached hydrogen (secondary N) is 1. The van der Waals surface area contributed by atoms with E-state index in [0.29, 0.717) is 25.9 Å². The molecule has 4 rings (SSSR count). The molecule has 0 bridgehead atoms. The van der Waals surface area contributed by atoms with E-state index in [1.54, 1.807) is 12.2 Å². The van der Waals surface area contributed by atoms with Crippen molar-refractivity contribution < 1.29 is 28.2 Å². The Morgan fingerprint density at radius 3 is 2.78 bits per heavy atom. The highest BCUT2D eigenvalue weighted by molar-refractivity contribution is 6.30. The molecule has 2 aliphatic rings. The van der Waals surface area contributed by atoms with Crippen LogP contribution in [0.3, 0.4) is 0 Å². The Hall–Kier alpha value is -3.50. The zero-order chi connectivity index (χ0) is 26.2. The van der Waals surface area contributed by atoms with Crippen molar-refractivity contribution in [1.82, 2.24) is 14.8 Å². The number of carbonyl (C=O) groups excluding carboxylic acids is 2. The molecule has 2 amide bonds. The van der Waals surface area contributed by atoms with Gasteiger partial charge in [-0.25, -0.2) is 8.78 Å². The standard InChI is InChI=1S/C25H24ClF2N3O5/c1-3-5-9-25-13-30-12-16(23(34)29-11-14-6-7-17(27)18(26)19(14)28)21(32)22(33)20(30)24(35)31(25)15(4-2)8-10-36-25/h3-4,6-7,12,15,33H,1-2,5,8-11,13H2,(H,29,34)/t15-,25+/m1/s1. The number of fused-ring (bicyclic) bond motifs is 2. The lowest BCUT2D eigenvalue weighted by atomic mass is 9.94. The third-order valence-corrected chi connectivity index (χ3v) is 6.81. The van der Waals surface area contributed by atoms with Crippen LogP contribution in [0.25, 0.3) is 0 Å². The van der Waals surface area contributed by atoms with Gasteiger partial charge in [0.05, 0.1) is 19.2 Å². The molecule has 0 saturated carbocycles. The maximum absolute atomic E-state index is 14.2. The van der Waals surface area contributed by atoms with E-state index in [4.69, 9.17) is 16.3 Å². The van der Waals surface area contributed by atoms with E-state index in [0.717, 1.165) is 12.1 Å². The van der Waals surface area contributed by atoms with E-state index >= 15 is 0 Å². The Kier molecular flexibility index (Phi) is 7.01. The fourth-order valence-electron chi connectivity index (χ4n) is 4.66. The smallest absolute Gasteiger partial charge is 0.277 e. The van der Waals surface area contributed by atoms with E-state index < -0.39 is 57.5 Å². The summed E-state index contributed by atoms with van der Waals surface area (Å²) in [7, 11) is 0. The van der Waals surface area contributed by atoms with Crippen molar-refractivity contribution in [3.63, 3.8) is 0 Å². The number of pyridine rings is 1. The number of halogens is 3. The lowest BCUT2D eigenvalue weighted by Gasteiger charge is -2.53. The summed E-state index contributed by atoms with van der Waals surface area (Å²) in [6.45, 7) is 7.55. The molecule has 2 atom stereocenters. The van der Waals surface area contributed by atoms with Gasteiger partial charge in [0.1, 0.15) is 22.2 Å².